The molecule has 1 heterocycles. The van der Waals surface area contributed by atoms with Gasteiger partial charge in [-0.3, -0.25) is 0 Å². The fourth-order valence-electron chi connectivity index (χ4n) is 1.58. The maximum absolute atomic E-state index is 6.06. The molecule has 0 amide bonds. The molecule has 1 aromatic rings. The van der Waals surface area contributed by atoms with E-state index in [1.165, 1.54) is 0 Å². The van der Waals surface area contributed by atoms with Crippen molar-refractivity contribution < 1.29 is 9.47 Å². The van der Waals surface area contributed by atoms with Gasteiger partial charge < -0.3 is 20.5 Å². The molecule has 16 heavy (non-hydrogen) atoms. The Bertz CT molecular complexity index is 371. The summed E-state index contributed by atoms with van der Waals surface area (Å²) in [6.45, 7) is 2.62. The van der Waals surface area contributed by atoms with Gasteiger partial charge >= 0.3 is 0 Å². The van der Waals surface area contributed by atoms with Crippen molar-refractivity contribution in [3.63, 3.8) is 0 Å². The minimum Gasteiger partial charge on any atom is -0.454 e. The van der Waals surface area contributed by atoms with Gasteiger partial charge in [-0.25, -0.2) is 0 Å². The summed E-state index contributed by atoms with van der Waals surface area (Å²) in [5, 5.41) is 3.89. The van der Waals surface area contributed by atoms with E-state index in [2.05, 4.69) is 5.32 Å². The number of hydrogen-bond donors (Lipinski definition) is 2. The Morgan fingerprint density at radius 1 is 1.38 bits per heavy atom. The molecular formula is C11H15ClN2O2. The van der Waals surface area contributed by atoms with Crippen LogP contribution in [0.5, 0.6) is 11.5 Å². The number of rotatable bonds is 5. The van der Waals surface area contributed by atoms with Gasteiger partial charge in [0, 0.05) is 6.54 Å². The summed E-state index contributed by atoms with van der Waals surface area (Å²) in [5.74, 6) is 1.37. The van der Waals surface area contributed by atoms with Crippen LogP contribution in [0.15, 0.2) is 12.1 Å². The Balaban J connectivity index is 1.97. The van der Waals surface area contributed by atoms with E-state index in [1.807, 2.05) is 12.1 Å². The topological polar surface area (TPSA) is 56.5 Å². The van der Waals surface area contributed by atoms with Crippen molar-refractivity contribution in [3.05, 3.63) is 22.7 Å². The van der Waals surface area contributed by atoms with E-state index in [1.54, 1.807) is 0 Å². The van der Waals surface area contributed by atoms with E-state index < -0.39 is 0 Å². The molecule has 0 aromatic heterocycles. The lowest BCUT2D eigenvalue weighted by molar-refractivity contribution is 0.174. The number of benzene rings is 1. The van der Waals surface area contributed by atoms with Gasteiger partial charge in [0.05, 0.1) is 5.02 Å². The molecule has 0 atom stereocenters. The van der Waals surface area contributed by atoms with Crippen molar-refractivity contribution >= 4 is 11.6 Å². The molecule has 1 aliphatic heterocycles. The van der Waals surface area contributed by atoms with Crippen LogP contribution in [0.3, 0.4) is 0 Å². The number of fused-ring (bicyclic) bond motifs is 1. The van der Waals surface area contributed by atoms with E-state index in [-0.39, 0.29) is 6.79 Å². The largest absolute Gasteiger partial charge is 0.454 e. The van der Waals surface area contributed by atoms with Crippen LogP contribution in [-0.2, 0) is 6.54 Å². The Labute approximate surface area is 99.7 Å². The molecule has 0 spiro atoms. The average molecular weight is 243 g/mol. The van der Waals surface area contributed by atoms with Crippen LogP contribution in [0.4, 0.5) is 0 Å². The van der Waals surface area contributed by atoms with E-state index in [9.17, 15) is 0 Å². The molecule has 0 unspecified atom stereocenters. The Morgan fingerprint density at radius 2 is 2.25 bits per heavy atom. The van der Waals surface area contributed by atoms with Gasteiger partial charge in [-0.2, -0.15) is 0 Å². The molecule has 0 fully saturated rings. The van der Waals surface area contributed by atoms with Crippen molar-refractivity contribution in [2.45, 2.75) is 13.0 Å². The summed E-state index contributed by atoms with van der Waals surface area (Å²) in [7, 11) is 0. The molecule has 88 valence electrons. The maximum Gasteiger partial charge on any atom is 0.231 e. The summed E-state index contributed by atoms with van der Waals surface area (Å²) in [6.07, 6.45) is 0.971. The highest BCUT2D eigenvalue weighted by Crippen LogP contribution is 2.39. The lowest BCUT2D eigenvalue weighted by Gasteiger charge is -2.06. The molecule has 1 aliphatic rings. The van der Waals surface area contributed by atoms with Gasteiger partial charge in [0.25, 0.3) is 0 Å². The van der Waals surface area contributed by atoms with Gasteiger partial charge in [0.15, 0.2) is 11.5 Å². The first-order valence-electron chi connectivity index (χ1n) is 5.30. The van der Waals surface area contributed by atoms with Gasteiger partial charge in [0.2, 0.25) is 6.79 Å². The molecule has 0 bridgehead atoms. The number of nitrogens with one attached hydrogen (secondary N) is 1. The van der Waals surface area contributed by atoms with Gasteiger partial charge in [-0.1, -0.05) is 11.6 Å². The molecule has 2 rings (SSSR count). The van der Waals surface area contributed by atoms with Crippen LogP contribution in [0, 0.1) is 0 Å². The zero-order valence-electron chi connectivity index (χ0n) is 8.96. The van der Waals surface area contributed by atoms with Crippen molar-refractivity contribution in [2.75, 3.05) is 19.9 Å². The van der Waals surface area contributed by atoms with Crippen molar-refractivity contribution in [2.24, 2.45) is 5.73 Å². The summed E-state index contributed by atoms with van der Waals surface area (Å²) in [4.78, 5) is 0. The van der Waals surface area contributed by atoms with Crippen LogP contribution in [0.25, 0.3) is 0 Å². The molecule has 5 heteroatoms. The highest BCUT2D eigenvalue weighted by molar-refractivity contribution is 6.32. The Kier molecular flexibility index (Phi) is 3.88. The Hall–Kier alpha value is -0.970. The minimum atomic E-state index is 0.249. The third-order valence-corrected chi connectivity index (χ3v) is 2.65. The van der Waals surface area contributed by atoms with Gasteiger partial charge in [-0.05, 0) is 37.2 Å². The zero-order valence-corrected chi connectivity index (χ0v) is 9.72. The molecular weight excluding hydrogens is 228 g/mol. The quantitative estimate of drug-likeness (QED) is 0.769. The SMILES string of the molecule is NCCCNCc1cc(Cl)c2c(c1)OCO2. The second-order valence-corrected chi connectivity index (χ2v) is 4.04. The molecule has 0 saturated heterocycles. The standard InChI is InChI=1S/C11H15ClN2O2/c12-9-4-8(6-14-3-1-2-13)5-10-11(9)16-7-15-10/h4-5,14H,1-3,6-7,13H2. The van der Waals surface area contributed by atoms with Gasteiger partial charge in [0.1, 0.15) is 0 Å². The average Bonchev–Trinajstić information content (AvgIpc) is 2.73. The van der Waals surface area contributed by atoms with Gasteiger partial charge in [-0.15, -0.1) is 0 Å². The lowest BCUT2D eigenvalue weighted by atomic mass is 10.2. The smallest absolute Gasteiger partial charge is 0.231 e. The second-order valence-electron chi connectivity index (χ2n) is 3.63. The molecule has 4 nitrogen and oxygen atoms in total. The lowest BCUT2D eigenvalue weighted by Crippen LogP contribution is -2.17. The van der Waals surface area contributed by atoms with Crippen LogP contribution in [0.1, 0.15) is 12.0 Å². The van der Waals surface area contributed by atoms with E-state index >= 15 is 0 Å². The van der Waals surface area contributed by atoms with Crippen molar-refractivity contribution in [1.82, 2.24) is 5.32 Å². The predicted molar refractivity (Wildman–Crippen MR) is 63.0 cm³/mol. The molecule has 1 aromatic carbocycles. The third-order valence-electron chi connectivity index (χ3n) is 2.37. The first-order chi connectivity index (χ1) is 7.81. The fourth-order valence-corrected chi connectivity index (χ4v) is 1.87. The van der Waals surface area contributed by atoms with E-state index in [4.69, 9.17) is 26.8 Å². The van der Waals surface area contributed by atoms with Crippen LogP contribution < -0.4 is 20.5 Å². The minimum absolute atomic E-state index is 0.249. The molecule has 0 radical (unpaired) electrons. The summed E-state index contributed by atoms with van der Waals surface area (Å²) in [5.41, 5.74) is 6.50. The van der Waals surface area contributed by atoms with E-state index in [0.29, 0.717) is 17.3 Å². The first-order valence-corrected chi connectivity index (χ1v) is 5.68. The van der Waals surface area contributed by atoms with Crippen molar-refractivity contribution in [1.29, 1.82) is 0 Å². The van der Waals surface area contributed by atoms with E-state index in [0.717, 1.165) is 30.8 Å². The monoisotopic (exact) mass is 242 g/mol. The van der Waals surface area contributed by atoms with Crippen LogP contribution >= 0.6 is 11.6 Å². The predicted octanol–water partition coefficient (Wildman–Crippen LogP) is 1.51. The molecule has 3 N–H and O–H groups in total. The van der Waals surface area contributed by atoms with Crippen molar-refractivity contribution in [3.8, 4) is 11.5 Å². The number of nitrogens with two attached hydrogens (primary N) is 1. The second kappa shape index (κ2) is 5.39. The highest BCUT2D eigenvalue weighted by Gasteiger charge is 2.17. The normalized spacial score (nSPS) is 13.1. The molecule has 0 saturated carbocycles. The number of hydrogen-bond acceptors (Lipinski definition) is 4. The highest BCUT2D eigenvalue weighted by atomic mass is 35.5. The van der Waals surface area contributed by atoms with Crippen LogP contribution in [0.2, 0.25) is 5.02 Å². The maximum atomic E-state index is 6.06. The third kappa shape index (κ3) is 2.58. The zero-order chi connectivity index (χ0) is 11.4. The summed E-state index contributed by atoms with van der Waals surface area (Å²) < 4.78 is 10.5. The summed E-state index contributed by atoms with van der Waals surface area (Å²) in [6, 6.07) is 3.84. The first kappa shape index (κ1) is 11.5. The Morgan fingerprint density at radius 3 is 3.06 bits per heavy atom. The van der Waals surface area contributed by atoms with Crippen LogP contribution in [-0.4, -0.2) is 19.9 Å². The summed E-state index contributed by atoms with van der Waals surface area (Å²) >= 11 is 6.06. The fraction of sp³-hybridized carbons (Fsp3) is 0.455. The molecule has 0 aliphatic carbocycles. The number of halogens is 1. The number of ether oxygens (including phenoxy) is 2.